The highest BCUT2D eigenvalue weighted by Crippen LogP contribution is 2.60. The normalized spacial score (nSPS) is 28.0. The molecule has 0 N–H and O–H groups in total. The molecule has 0 aromatic heterocycles. The minimum atomic E-state index is 0.0775. The first-order chi connectivity index (χ1) is 8.66. The van der Waals surface area contributed by atoms with Crippen molar-refractivity contribution < 1.29 is 9.53 Å². The Balaban J connectivity index is 1.89. The first kappa shape index (κ1) is 11.4. The summed E-state index contributed by atoms with van der Waals surface area (Å²) in [4.78, 5) is 11.3. The number of nitrogens with zero attached hydrogens (tertiary/aromatic N) is 1. The van der Waals surface area contributed by atoms with Gasteiger partial charge in [-0.2, -0.15) is 5.26 Å². The molecule has 1 spiro atoms. The number of rotatable bonds is 2. The maximum atomic E-state index is 11.3. The molecule has 0 radical (unpaired) electrons. The lowest BCUT2D eigenvalue weighted by molar-refractivity contribution is -0.186. The number of nitriles is 1. The molecule has 1 aliphatic heterocycles. The fourth-order valence-corrected chi connectivity index (χ4v) is 3.24. The highest BCUT2D eigenvalue weighted by molar-refractivity contribution is 5.94. The maximum absolute atomic E-state index is 11.3. The Hall–Kier alpha value is -1.66. The Kier molecular flexibility index (Phi) is 2.49. The predicted molar refractivity (Wildman–Crippen MR) is 66.2 cm³/mol. The van der Waals surface area contributed by atoms with Crippen LogP contribution in [0.3, 0.4) is 0 Å². The Morgan fingerprint density at radius 2 is 2.06 bits per heavy atom. The van der Waals surface area contributed by atoms with E-state index in [1.165, 1.54) is 5.56 Å². The van der Waals surface area contributed by atoms with Gasteiger partial charge >= 0.3 is 0 Å². The summed E-state index contributed by atoms with van der Waals surface area (Å²) in [6.07, 6.45) is 0.947. The average molecular weight is 241 g/mol. The number of carbonyl (C=O) groups excluding carboxylic acids is 1. The van der Waals surface area contributed by atoms with Crippen molar-refractivity contribution >= 4 is 5.78 Å². The minimum absolute atomic E-state index is 0.0775. The Labute approximate surface area is 106 Å². The van der Waals surface area contributed by atoms with Crippen LogP contribution in [0.2, 0.25) is 0 Å². The molecule has 1 saturated heterocycles. The summed E-state index contributed by atoms with van der Waals surface area (Å²) in [7, 11) is 0. The number of hydrogen-bond acceptors (Lipinski definition) is 3. The van der Waals surface area contributed by atoms with Crippen molar-refractivity contribution in [3.05, 3.63) is 35.4 Å². The quantitative estimate of drug-likeness (QED) is 0.747. The summed E-state index contributed by atoms with van der Waals surface area (Å²) in [5.41, 5.74) is 2.09. The molecule has 3 heteroatoms. The van der Waals surface area contributed by atoms with Crippen LogP contribution >= 0.6 is 0 Å². The van der Waals surface area contributed by atoms with Crippen molar-refractivity contribution in [3.8, 4) is 6.07 Å². The summed E-state index contributed by atoms with van der Waals surface area (Å²) in [5, 5.41) is 9.17. The monoisotopic (exact) mass is 241 g/mol. The maximum Gasteiger partial charge on any atom is 0.159 e. The highest BCUT2D eigenvalue weighted by Gasteiger charge is 2.58. The summed E-state index contributed by atoms with van der Waals surface area (Å²) >= 11 is 0. The van der Waals surface area contributed by atoms with Crippen molar-refractivity contribution in [1.29, 1.82) is 5.26 Å². The molecular formula is C15H15NO2. The van der Waals surface area contributed by atoms with E-state index in [1.807, 2.05) is 24.3 Å². The number of Topliss-reactive ketones (excluding diaryl/α,β-unsaturated/α-hetero) is 1. The lowest BCUT2D eigenvalue weighted by atomic mass is 9.51. The molecule has 1 heterocycles. The zero-order valence-corrected chi connectivity index (χ0v) is 10.3. The Morgan fingerprint density at radius 3 is 2.50 bits per heavy atom. The molecule has 3 nitrogen and oxygen atoms in total. The standard InChI is InChI=1S/C15H15NO2/c1-10(17)11-2-4-12(5-3-11)14-13(7-16)6-15(14)8-18-9-15/h2-5,13-14H,6,8-9H2,1H3. The van der Waals surface area contributed by atoms with Crippen LogP contribution in [0.15, 0.2) is 24.3 Å². The molecule has 2 atom stereocenters. The van der Waals surface area contributed by atoms with Gasteiger partial charge in [-0.15, -0.1) is 0 Å². The summed E-state index contributed by atoms with van der Waals surface area (Å²) in [6.45, 7) is 3.10. The van der Waals surface area contributed by atoms with Crippen LogP contribution in [0.1, 0.15) is 35.2 Å². The van der Waals surface area contributed by atoms with Gasteiger partial charge in [0.2, 0.25) is 0 Å². The van der Waals surface area contributed by atoms with Gasteiger partial charge in [0.15, 0.2) is 5.78 Å². The van der Waals surface area contributed by atoms with Crippen LogP contribution in [0.5, 0.6) is 0 Å². The number of hydrogen-bond donors (Lipinski definition) is 0. The Morgan fingerprint density at radius 1 is 1.39 bits per heavy atom. The lowest BCUT2D eigenvalue weighted by Crippen LogP contribution is -2.57. The van der Waals surface area contributed by atoms with E-state index in [0.29, 0.717) is 0 Å². The molecule has 92 valence electrons. The van der Waals surface area contributed by atoms with Crippen molar-refractivity contribution in [1.82, 2.24) is 0 Å². The third-order valence-corrected chi connectivity index (χ3v) is 4.31. The van der Waals surface area contributed by atoms with Crippen molar-refractivity contribution in [2.24, 2.45) is 11.3 Å². The predicted octanol–water partition coefficient (Wildman–Crippen LogP) is 2.53. The molecule has 18 heavy (non-hydrogen) atoms. The molecule has 1 aromatic carbocycles. The van der Waals surface area contributed by atoms with Crippen LogP contribution in [-0.4, -0.2) is 19.0 Å². The van der Waals surface area contributed by atoms with E-state index in [9.17, 15) is 4.79 Å². The van der Waals surface area contributed by atoms with Crippen LogP contribution in [0.4, 0.5) is 0 Å². The second-order valence-corrected chi connectivity index (χ2v) is 5.45. The third kappa shape index (κ3) is 1.49. The Bertz CT molecular complexity index is 522. The first-order valence-electron chi connectivity index (χ1n) is 6.24. The molecule has 1 aromatic rings. The molecule has 1 saturated carbocycles. The summed E-state index contributed by atoms with van der Waals surface area (Å²) < 4.78 is 5.32. The van der Waals surface area contributed by atoms with E-state index < -0.39 is 0 Å². The molecule has 2 unspecified atom stereocenters. The second kappa shape index (κ2) is 3.93. The van der Waals surface area contributed by atoms with Crippen LogP contribution in [0.25, 0.3) is 0 Å². The van der Waals surface area contributed by atoms with Crippen molar-refractivity contribution in [3.63, 3.8) is 0 Å². The van der Waals surface area contributed by atoms with E-state index in [4.69, 9.17) is 10.00 Å². The van der Waals surface area contributed by atoms with Gasteiger partial charge < -0.3 is 4.74 Å². The van der Waals surface area contributed by atoms with Gasteiger partial charge in [0.05, 0.1) is 25.2 Å². The summed E-state index contributed by atoms with van der Waals surface area (Å²) in [5.74, 6) is 0.447. The molecule has 1 aliphatic carbocycles. The van der Waals surface area contributed by atoms with Crippen molar-refractivity contribution in [2.45, 2.75) is 19.3 Å². The van der Waals surface area contributed by atoms with Gasteiger partial charge in [0, 0.05) is 16.9 Å². The number of ketones is 1. The van der Waals surface area contributed by atoms with E-state index in [0.717, 1.165) is 25.2 Å². The van der Waals surface area contributed by atoms with Crippen LogP contribution in [0, 0.1) is 22.7 Å². The average Bonchev–Trinajstić information content (AvgIpc) is 2.27. The molecule has 2 fully saturated rings. The van der Waals surface area contributed by atoms with E-state index in [-0.39, 0.29) is 23.0 Å². The molecule has 0 bridgehead atoms. The minimum Gasteiger partial charge on any atom is -0.380 e. The van der Waals surface area contributed by atoms with Crippen LogP contribution < -0.4 is 0 Å². The summed E-state index contributed by atoms with van der Waals surface area (Å²) in [6, 6.07) is 10.1. The largest absolute Gasteiger partial charge is 0.380 e. The number of benzene rings is 1. The molecule has 2 aliphatic rings. The van der Waals surface area contributed by atoms with E-state index in [1.54, 1.807) is 6.92 Å². The van der Waals surface area contributed by atoms with Gasteiger partial charge in [-0.25, -0.2) is 0 Å². The highest BCUT2D eigenvalue weighted by atomic mass is 16.5. The molecule has 3 rings (SSSR count). The van der Waals surface area contributed by atoms with E-state index >= 15 is 0 Å². The zero-order valence-electron chi connectivity index (χ0n) is 10.3. The first-order valence-corrected chi connectivity index (χ1v) is 6.24. The second-order valence-electron chi connectivity index (χ2n) is 5.45. The molecule has 0 amide bonds. The third-order valence-electron chi connectivity index (χ3n) is 4.31. The topological polar surface area (TPSA) is 50.1 Å². The van der Waals surface area contributed by atoms with Gasteiger partial charge in [-0.05, 0) is 18.9 Å². The number of ether oxygens (including phenoxy) is 1. The molecular weight excluding hydrogens is 226 g/mol. The fraction of sp³-hybridized carbons (Fsp3) is 0.467. The lowest BCUT2D eigenvalue weighted by Gasteiger charge is -2.58. The van der Waals surface area contributed by atoms with Gasteiger partial charge in [0.1, 0.15) is 0 Å². The van der Waals surface area contributed by atoms with E-state index in [2.05, 4.69) is 6.07 Å². The fourth-order valence-electron chi connectivity index (χ4n) is 3.24. The van der Waals surface area contributed by atoms with Gasteiger partial charge in [-0.1, -0.05) is 24.3 Å². The number of carbonyl (C=O) groups is 1. The van der Waals surface area contributed by atoms with Crippen LogP contribution in [-0.2, 0) is 4.74 Å². The zero-order chi connectivity index (χ0) is 12.8. The van der Waals surface area contributed by atoms with Gasteiger partial charge in [0.25, 0.3) is 0 Å². The van der Waals surface area contributed by atoms with Crippen molar-refractivity contribution in [2.75, 3.05) is 13.2 Å². The SMILES string of the molecule is CC(=O)c1ccc(C2C(C#N)CC23COC3)cc1. The van der Waals surface area contributed by atoms with Gasteiger partial charge in [-0.3, -0.25) is 4.79 Å². The smallest absolute Gasteiger partial charge is 0.159 e.